The second kappa shape index (κ2) is 6.12. The lowest BCUT2D eigenvalue weighted by atomic mass is 10.2. The summed E-state index contributed by atoms with van der Waals surface area (Å²) >= 11 is 0. The molecule has 0 saturated heterocycles. The van der Waals surface area contributed by atoms with Crippen molar-refractivity contribution in [1.29, 1.82) is 5.26 Å². The van der Waals surface area contributed by atoms with E-state index in [1.165, 1.54) is 6.07 Å². The number of benzene rings is 1. The predicted octanol–water partition coefficient (Wildman–Crippen LogP) is 0.577. The van der Waals surface area contributed by atoms with E-state index in [-0.39, 0.29) is 6.61 Å². The molecule has 0 fully saturated rings. The van der Waals surface area contributed by atoms with Gasteiger partial charge in [0, 0.05) is 0 Å². The molecular formula is C11H11N3O3. The zero-order chi connectivity index (χ0) is 12.7. The quantitative estimate of drug-likeness (QED) is 0.594. The molecule has 0 aliphatic heterocycles. The highest BCUT2D eigenvalue weighted by Crippen LogP contribution is 2.11. The highest BCUT2D eigenvalue weighted by atomic mass is 16.6. The first-order valence-corrected chi connectivity index (χ1v) is 4.70. The molecule has 1 amide bonds. The normalized spacial score (nSPS) is 10.5. The average molecular weight is 233 g/mol. The van der Waals surface area contributed by atoms with Crippen molar-refractivity contribution in [3.8, 4) is 11.8 Å². The van der Waals surface area contributed by atoms with Gasteiger partial charge in [0.1, 0.15) is 18.4 Å². The Morgan fingerprint density at radius 2 is 2.12 bits per heavy atom. The van der Waals surface area contributed by atoms with Crippen molar-refractivity contribution in [2.45, 2.75) is 6.61 Å². The predicted molar refractivity (Wildman–Crippen MR) is 60.0 cm³/mol. The van der Waals surface area contributed by atoms with Crippen molar-refractivity contribution in [3.63, 3.8) is 0 Å². The third kappa shape index (κ3) is 3.83. The summed E-state index contributed by atoms with van der Waals surface area (Å²) in [5.74, 6) is -0.186. The zero-order valence-electron chi connectivity index (χ0n) is 9.21. The smallest absolute Gasteiger partial charge is 0.281 e. The molecule has 0 aliphatic rings. The third-order valence-corrected chi connectivity index (χ3v) is 1.89. The average Bonchev–Trinajstić information content (AvgIpc) is 2.35. The number of nitrogens with zero attached hydrogens (tertiary/aromatic N) is 2. The summed E-state index contributed by atoms with van der Waals surface area (Å²) in [7, 11) is 1.57. The molecule has 0 radical (unpaired) electrons. The van der Waals surface area contributed by atoms with Gasteiger partial charge in [-0.1, -0.05) is 17.3 Å². The Balaban J connectivity index is 2.56. The van der Waals surface area contributed by atoms with E-state index in [0.717, 1.165) is 11.3 Å². The first kappa shape index (κ1) is 12.5. The standard InChI is InChI=1S/C11H11N3O3/c1-16-9-4-2-8(3-5-9)7-17-14-10(6-12)11(13)15/h2-5H,7H2,1H3,(H2,13,15). The highest BCUT2D eigenvalue weighted by molar-refractivity contribution is 6.44. The summed E-state index contributed by atoms with van der Waals surface area (Å²) in [6.45, 7) is 0.141. The van der Waals surface area contributed by atoms with Gasteiger partial charge >= 0.3 is 0 Å². The molecule has 2 N–H and O–H groups in total. The summed E-state index contributed by atoms with van der Waals surface area (Å²) in [5.41, 5.74) is 5.25. The monoisotopic (exact) mass is 233 g/mol. The number of primary amides is 1. The van der Waals surface area contributed by atoms with Crippen molar-refractivity contribution in [3.05, 3.63) is 29.8 Å². The number of rotatable bonds is 5. The lowest BCUT2D eigenvalue weighted by Gasteiger charge is -2.02. The molecule has 0 aliphatic carbocycles. The van der Waals surface area contributed by atoms with Crippen LogP contribution in [0.15, 0.2) is 29.4 Å². The van der Waals surface area contributed by atoms with Crippen molar-refractivity contribution in [2.24, 2.45) is 10.9 Å². The SMILES string of the molecule is COc1ccc(CON=C(C#N)C(N)=O)cc1. The molecule has 6 heteroatoms. The first-order valence-electron chi connectivity index (χ1n) is 4.70. The Morgan fingerprint density at radius 1 is 1.47 bits per heavy atom. The largest absolute Gasteiger partial charge is 0.497 e. The lowest BCUT2D eigenvalue weighted by Crippen LogP contribution is -2.21. The van der Waals surface area contributed by atoms with Gasteiger partial charge in [-0.3, -0.25) is 4.79 Å². The number of oxime groups is 1. The minimum absolute atomic E-state index is 0.141. The first-order chi connectivity index (χ1) is 8.17. The number of hydrogen-bond donors (Lipinski definition) is 1. The van der Waals surface area contributed by atoms with Crippen molar-refractivity contribution < 1.29 is 14.4 Å². The topological polar surface area (TPSA) is 97.7 Å². The van der Waals surface area contributed by atoms with Gasteiger partial charge in [0.15, 0.2) is 0 Å². The Labute approximate surface area is 98.2 Å². The van der Waals surface area contributed by atoms with Crippen molar-refractivity contribution >= 4 is 11.6 Å². The third-order valence-electron chi connectivity index (χ3n) is 1.89. The molecular weight excluding hydrogens is 222 g/mol. The fourth-order valence-electron chi connectivity index (χ4n) is 1.01. The van der Waals surface area contributed by atoms with E-state index in [1.807, 2.05) is 0 Å². The van der Waals surface area contributed by atoms with Gasteiger partial charge in [0.2, 0.25) is 5.71 Å². The van der Waals surface area contributed by atoms with Crippen molar-refractivity contribution in [2.75, 3.05) is 7.11 Å². The maximum Gasteiger partial charge on any atom is 0.281 e. The van der Waals surface area contributed by atoms with Crippen LogP contribution in [0.1, 0.15) is 5.56 Å². The number of amides is 1. The van der Waals surface area contributed by atoms with Crippen LogP contribution in [0.3, 0.4) is 0 Å². The van der Waals surface area contributed by atoms with Crippen molar-refractivity contribution in [1.82, 2.24) is 0 Å². The molecule has 0 saturated carbocycles. The molecule has 0 atom stereocenters. The van der Waals surface area contributed by atoms with Crippen LogP contribution in [0.25, 0.3) is 0 Å². The maximum absolute atomic E-state index is 10.6. The minimum Gasteiger partial charge on any atom is -0.497 e. The number of hydrogen-bond acceptors (Lipinski definition) is 5. The number of nitrogens with two attached hydrogens (primary N) is 1. The summed E-state index contributed by atoms with van der Waals surface area (Å²) in [5, 5.41) is 11.8. The molecule has 1 rings (SSSR count). The Hall–Kier alpha value is -2.55. The van der Waals surface area contributed by atoms with E-state index in [2.05, 4.69) is 5.16 Å². The van der Waals surface area contributed by atoms with E-state index in [9.17, 15) is 4.79 Å². The lowest BCUT2D eigenvalue weighted by molar-refractivity contribution is -0.112. The van der Waals surface area contributed by atoms with Crippen LogP contribution < -0.4 is 10.5 Å². The molecule has 88 valence electrons. The summed E-state index contributed by atoms with van der Waals surface area (Å²) < 4.78 is 4.99. The van der Waals surface area contributed by atoms with Crippen LogP contribution in [0.5, 0.6) is 5.75 Å². The van der Waals surface area contributed by atoms with E-state index >= 15 is 0 Å². The molecule has 0 spiro atoms. The van der Waals surface area contributed by atoms with Gasteiger partial charge in [-0.15, -0.1) is 0 Å². The minimum atomic E-state index is -0.915. The van der Waals surface area contributed by atoms with Crippen LogP contribution >= 0.6 is 0 Å². The molecule has 6 nitrogen and oxygen atoms in total. The van der Waals surface area contributed by atoms with Crippen LogP contribution in [-0.4, -0.2) is 18.7 Å². The fourth-order valence-corrected chi connectivity index (χ4v) is 1.01. The van der Waals surface area contributed by atoms with Crippen LogP contribution in [-0.2, 0) is 16.2 Å². The molecule has 0 aromatic heterocycles. The van der Waals surface area contributed by atoms with Gasteiger partial charge < -0.3 is 15.3 Å². The van der Waals surface area contributed by atoms with Gasteiger partial charge in [0.25, 0.3) is 5.91 Å². The Morgan fingerprint density at radius 3 is 2.59 bits per heavy atom. The van der Waals surface area contributed by atoms with E-state index in [4.69, 9.17) is 20.6 Å². The second-order valence-corrected chi connectivity index (χ2v) is 3.04. The Bertz CT molecular complexity index is 460. The maximum atomic E-state index is 10.6. The number of methoxy groups -OCH3 is 1. The van der Waals surface area contributed by atoms with Gasteiger partial charge in [-0.2, -0.15) is 5.26 Å². The van der Waals surface area contributed by atoms with E-state index in [1.54, 1.807) is 31.4 Å². The summed E-state index contributed by atoms with van der Waals surface area (Å²) in [4.78, 5) is 15.5. The molecule has 1 aromatic rings. The fraction of sp³-hybridized carbons (Fsp3) is 0.182. The zero-order valence-corrected chi connectivity index (χ0v) is 9.21. The second-order valence-electron chi connectivity index (χ2n) is 3.04. The Kier molecular flexibility index (Phi) is 4.51. The summed E-state index contributed by atoms with van der Waals surface area (Å²) in [6.07, 6.45) is 0. The van der Waals surface area contributed by atoms with Gasteiger partial charge in [0.05, 0.1) is 7.11 Å². The molecule has 0 unspecified atom stereocenters. The van der Waals surface area contributed by atoms with Crippen LogP contribution in [0.2, 0.25) is 0 Å². The number of nitriles is 1. The summed E-state index contributed by atoms with van der Waals surface area (Å²) in [6, 6.07) is 8.63. The number of carbonyl (C=O) groups excluding carboxylic acids is 1. The van der Waals surface area contributed by atoms with Crippen LogP contribution in [0, 0.1) is 11.3 Å². The molecule has 17 heavy (non-hydrogen) atoms. The van der Waals surface area contributed by atoms with Gasteiger partial charge in [-0.25, -0.2) is 0 Å². The van der Waals surface area contributed by atoms with Gasteiger partial charge in [-0.05, 0) is 17.7 Å². The van der Waals surface area contributed by atoms with E-state index < -0.39 is 11.6 Å². The molecule has 0 bridgehead atoms. The molecule has 1 aromatic carbocycles. The number of carbonyl (C=O) groups is 1. The van der Waals surface area contributed by atoms with E-state index in [0.29, 0.717) is 0 Å². The van der Waals surface area contributed by atoms with Crippen LogP contribution in [0.4, 0.5) is 0 Å². The molecule has 0 heterocycles. The number of ether oxygens (including phenoxy) is 1. The highest BCUT2D eigenvalue weighted by Gasteiger charge is 2.05.